The maximum Gasteiger partial charge on any atom is 0.256 e. The summed E-state index contributed by atoms with van der Waals surface area (Å²) in [6.07, 6.45) is 4.79. The van der Waals surface area contributed by atoms with Gasteiger partial charge >= 0.3 is 0 Å². The van der Waals surface area contributed by atoms with Crippen molar-refractivity contribution in [3.63, 3.8) is 0 Å². The van der Waals surface area contributed by atoms with Crippen LogP contribution in [0.3, 0.4) is 0 Å². The summed E-state index contributed by atoms with van der Waals surface area (Å²) in [6, 6.07) is 8.43. The Bertz CT molecular complexity index is 1270. The first-order valence-corrected chi connectivity index (χ1v) is 11.3. The van der Waals surface area contributed by atoms with Crippen LogP contribution in [0.25, 0.3) is 11.0 Å². The van der Waals surface area contributed by atoms with E-state index in [2.05, 4.69) is 52.7 Å². The zero-order valence-corrected chi connectivity index (χ0v) is 20.2. The minimum absolute atomic E-state index is 0.202. The van der Waals surface area contributed by atoms with Gasteiger partial charge in [-0.3, -0.25) is 4.79 Å². The van der Waals surface area contributed by atoms with Crippen LogP contribution >= 0.6 is 22.6 Å². The molecule has 4 aromatic rings. The number of aromatic nitrogens is 6. The van der Waals surface area contributed by atoms with Crippen molar-refractivity contribution < 1.29 is 9.53 Å². The second-order valence-corrected chi connectivity index (χ2v) is 8.30. The van der Waals surface area contributed by atoms with Gasteiger partial charge in [-0.15, -0.1) is 5.10 Å². The monoisotopic (exact) mass is 556 g/mol. The van der Waals surface area contributed by atoms with Gasteiger partial charge in [0.15, 0.2) is 5.65 Å². The van der Waals surface area contributed by atoms with Gasteiger partial charge in [-0.1, -0.05) is 0 Å². The van der Waals surface area contributed by atoms with Crippen molar-refractivity contribution in [3.8, 4) is 5.88 Å². The van der Waals surface area contributed by atoms with Crippen molar-refractivity contribution in [2.45, 2.75) is 26.4 Å². The highest BCUT2D eigenvalue weighted by atomic mass is 127. The highest BCUT2D eigenvalue weighted by molar-refractivity contribution is 14.1. The fraction of sp³-hybridized carbons (Fsp3) is 0.227. The number of rotatable bonds is 7. The number of carbonyl (C=O) groups is 1. The summed E-state index contributed by atoms with van der Waals surface area (Å²) in [5.74, 6) is 1.10. The van der Waals surface area contributed by atoms with Gasteiger partial charge in [-0.25, -0.2) is 19.9 Å². The van der Waals surface area contributed by atoms with E-state index in [9.17, 15) is 4.79 Å². The van der Waals surface area contributed by atoms with E-state index in [0.29, 0.717) is 41.0 Å². The number of amides is 1. The molecule has 0 spiro atoms. The van der Waals surface area contributed by atoms with Gasteiger partial charge in [0, 0.05) is 30.0 Å². The zero-order valence-electron chi connectivity index (χ0n) is 18.0. The summed E-state index contributed by atoms with van der Waals surface area (Å²) in [7, 11) is 0. The molecule has 1 atom stereocenters. The number of nitrogen functional groups attached to an aromatic ring is 1. The quantitative estimate of drug-likeness (QED) is 0.341. The number of fused-ring (bicyclic) bond motifs is 1. The number of hydrogen-bond donors (Lipinski definition) is 1. The van der Waals surface area contributed by atoms with E-state index >= 15 is 0 Å². The van der Waals surface area contributed by atoms with Crippen molar-refractivity contribution >= 4 is 45.3 Å². The van der Waals surface area contributed by atoms with Crippen molar-refractivity contribution in [1.29, 1.82) is 0 Å². The fourth-order valence-corrected chi connectivity index (χ4v) is 3.67. The van der Waals surface area contributed by atoms with E-state index in [1.54, 1.807) is 41.6 Å². The molecule has 0 aliphatic heterocycles. The molecule has 2 N–H and O–H groups in total. The van der Waals surface area contributed by atoms with E-state index in [1.807, 2.05) is 19.9 Å². The minimum atomic E-state index is -0.424. The largest absolute Gasteiger partial charge is 0.477 e. The molecule has 33 heavy (non-hydrogen) atoms. The number of pyridine rings is 2. The Labute approximate surface area is 203 Å². The lowest BCUT2D eigenvalue weighted by Gasteiger charge is -2.28. The third-order valence-corrected chi connectivity index (χ3v) is 5.77. The fourth-order valence-electron chi connectivity index (χ4n) is 3.22. The van der Waals surface area contributed by atoms with Gasteiger partial charge in [0.2, 0.25) is 5.88 Å². The van der Waals surface area contributed by atoms with Crippen LogP contribution in [0.5, 0.6) is 5.88 Å². The van der Waals surface area contributed by atoms with Crippen LogP contribution in [0.1, 0.15) is 41.8 Å². The topological polar surface area (TPSA) is 133 Å². The molecule has 0 saturated heterocycles. The molecular formula is C22H21IN8O2. The number of carbonyl (C=O) groups excluding carboxylic acids is 1. The summed E-state index contributed by atoms with van der Waals surface area (Å²) >= 11 is 2.10. The molecule has 11 heteroatoms. The molecule has 4 aromatic heterocycles. The van der Waals surface area contributed by atoms with E-state index in [4.69, 9.17) is 10.5 Å². The van der Waals surface area contributed by atoms with Gasteiger partial charge < -0.3 is 15.4 Å². The number of nitrogens with zero attached hydrogens (tertiary/aromatic N) is 7. The maximum atomic E-state index is 13.6. The Hall–Kier alpha value is -3.48. The normalized spacial score (nSPS) is 11.8. The molecule has 4 rings (SSSR count). The van der Waals surface area contributed by atoms with Gasteiger partial charge in [0.05, 0.1) is 34.0 Å². The van der Waals surface area contributed by atoms with Crippen molar-refractivity contribution in [1.82, 2.24) is 35.0 Å². The Balaban J connectivity index is 1.69. The molecule has 0 fully saturated rings. The second-order valence-electron chi connectivity index (χ2n) is 7.14. The molecule has 0 aromatic carbocycles. The molecule has 0 radical (unpaired) electrons. The van der Waals surface area contributed by atoms with Gasteiger partial charge in [-0.2, -0.15) is 5.10 Å². The average molecular weight is 556 g/mol. The smallest absolute Gasteiger partial charge is 0.256 e. The third-order valence-electron chi connectivity index (χ3n) is 4.90. The van der Waals surface area contributed by atoms with E-state index in [-0.39, 0.29) is 12.5 Å². The van der Waals surface area contributed by atoms with Crippen molar-refractivity contribution in [2.24, 2.45) is 0 Å². The maximum absolute atomic E-state index is 13.6. The molecule has 0 aliphatic carbocycles. The molecule has 1 amide bonds. The standard InChI is InChI=1S/C22H21IN8O2/c1-3-33-18-6-5-16(29-30-18)12-31(13(2)20-25-7-4-8-26-20)22(32)15-9-14-10-17(23)19(24)28-21(14)27-11-15/h4-11,13H,3,12H2,1-2H3,(H2,24,27,28)/t13-/m1/s1. The number of anilines is 1. The molecule has 0 unspecified atom stereocenters. The van der Waals surface area contributed by atoms with E-state index in [1.165, 1.54) is 6.20 Å². The summed E-state index contributed by atoms with van der Waals surface area (Å²) in [6.45, 7) is 4.44. The lowest BCUT2D eigenvalue weighted by molar-refractivity contribution is 0.0662. The summed E-state index contributed by atoms with van der Waals surface area (Å²) in [5, 5.41) is 9.01. The van der Waals surface area contributed by atoms with E-state index < -0.39 is 6.04 Å². The predicted octanol–water partition coefficient (Wildman–Crippen LogP) is 3.20. The van der Waals surface area contributed by atoms with Gasteiger partial charge in [0.1, 0.15) is 11.6 Å². The van der Waals surface area contributed by atoms with Crippen LogP contribution in [0, 0.1) is 3.57 Å². The molecule has 10 nitrogen and oxygen atoms in total. The lowest BCUT2D eigenvalue weighted by Crippen LogP contribution is -2.34. The highest BCUT2D eigenvalue weighted by Crippen LogP contribution is 2.24. The zero-order chi connectivity index (χ0) is 23.4. The van der Waals surface area contributed by atoms with Crippen LogP contribution in [0.2, 0.25) is 0 Å². The molecule has 0 saturated carbocycles. The van der Waals surface area contributed by atoms with Gasteiger partial charge in [-0.05, 0) is 60.7 Å². The molecular weight excluding hydrogens is 535 g/mol. The van der Waals surface area contributed by atoms with Crippen LogP contribution in [0.4, 0.5) is 5.82 Å². The Morgan fingerprint density at radius 1 is 1.18 bits per heavy atom. The van der Waals surface area contributed by atoms with Crippen LogP contribution in [0.15, 0.2) is 48.9 Å². The Kier molecular flexibility index (Phi) is 6.87. The molecule has 0 bridgehead atoms. The van der Waals surface area contributed by atoms with Crippen molar-refractivity contribution in [3.05, 3.63) is 69.6 Å². The SMILES string of the molecule is CCOc1ccc(CN(C(=O)c2cnc3nc(N)c(I)cc3c2)[C@H](C)c2ncccn2)nn1. The van der Waals surface area contributed by atoms with Crippen LogP contribution in [-0.2, 0) is 6.54 Å². The Morgan fingerprint density at radius 3 is 2.67 bits per heavy atom. The first-order valence-electron chi connectivity index (χ1n) is 10.2. The summed E-state index contributed by atoms with van der Waals surface area (Å²) < 4.78 is 6.15. The third kappa shape index (κ3) is 5.13. The summed E-state index contributed by atoms with van der Waals surface area (Å²) in [4.78, 5) is 32.5. The van der Waals surface area contributed by atoms with Crippen molar-refractivity contribution in [2.75, 3.05) is 12.3 Å². The second kappa shape index (κ2) is 9.98. The first-order chi connectivity index (χ1) is 16.0. The molecule has 4 heterocycles. The number of ether oxygens (including phenoxy) is 1. The highest BCUT2D eigenvalue weighted by Gasteiger charge is 2.26. The predicted molar refractivity (Wildman–Crippen MR) is 130 cm³/mol. The Morgan fingerprint density at radius 2 is 1.97 bits per heavy atom. The molecule has 168 valence electrons. The number of halogens is 1. The van der Waals surface area contributed by atoms with Gasteiger partial charge in [0.25, 0.3) is 5.91 Å². The number of hydrogen-bond acceptors (Lipinski definition) is 9. The van der Waals surface area contributed by atoms with Crippen LogP contribution in [-0.4, -0.2) is 47.5 Å². The number of nitrogens with two attached hydrogens (primary N) is 1. The lowest BCUT2D eigenvalue weighted by atomic mass is 10.1. The summed E-state index contributed by atoms with van der Waals surface area (Å²) in [5.41, 5.74) is 7.37. The molecule has 0 aliphatic rings. The first kappa shape index (κ1) is 22.7. The van der Waals surface area contributed by atoms with E-state index in [0.717, 1.165) is 8.96 Å². The van der Waals surface area contributed by atoms with Crippen LogP contribution < -0.4 is 10.5 Å². The minimum Gasteiger partial charge on any atom is -0.477 e. The average Bonchev–Trinajstić information content (AvgIpc) is 2.84.